The lowest BCUT2D eigenvalue weighted by Gasteiger charge is -2.07. The van der Waals surface area contributed by atoms with Gasteiger partial charge in [0.1, 0.15) is 5.76 Å². The summed E-state index contributed by atoms with van der Waals surface area (Å²) in [5.41, 5.74) is 1.79. The fourth-order valence-corrected chi connectivity index (χ4v) is 3.69. The molecule has 0 aliphatic rings. The largest absolute Gasteiger partial charge is 0.468 e. The van der Waals surface area contributed by atoms with Crippen LogP contribution in [0.15, 0.2) is 82.3 Å². The van der Waals surface area contributed by atoms with Crippen molar-refractivity contribution in [1.82, 2.24) is 4.72 Å². The minimum Gasteiger partial charge on any atom is -0.468 e. The van der Waals surface area contributed by atoms with Gasteiger partial charge in [-0.3, -0.25) is 9.59 Å². The number of hydrogen-bond donors (Lipinski definition) is 3. The van der Waals surface area contributed by atoms with Crippen LogP contribution < -0.4 is 15.4 Å². The SMILES string of the molecule is CCC(=O)Nc1cccc(NC(=O)/C=C/c2ccc(S(=O)(=O)NCc3ccco3)cc2)c1. The van der Waals surface area contributed by atoms with Crippen molar-refractivity contribution in [3.63, 3.8) is 0 Å². The molecule has 8 nitrogen and oxygen atoms in total. The number of carbonyl (C=O) groups is 2. The predicted molar refractivity (Wildman–Crippen MR) is 122 cm³/mol. The highest BCUT2D eigenvalue weighted by Crippen LogP contribution is 2.16. The van der Waals surface area contributed by atoms with Gasteiger partial charge < -0.3 is 15.1 Å². The van der Waals surface area contributed by atoms with Gasteiger partial charge >= 0.3 is 0 Å². The first-order chi connectivity index (χ1) is 15.4. The third kappa shape index (κ3) is 6.66. The zero-order valence-electron chi connectivity index (χ0n) is 17.4. The Bertz CT molecular complexity index is 1200. The molecule has 9 heteroatoms. The van der Waals surface area contributed by atoms with Gasteiger partial charge in [-0.1, -0.05) is 25.1 Å². The maximum Gasteiger partial charge on any atom is 0.248 e. The third-order valence-electron chi connectivity index (χ3n) is 4.37. The van der Waals surface area contributed by atoms with E-state index in [0.29, 0.717) is 29.1 Å². The number of hydrogen-bond acceptors (Lipinski definition) is 5. The average molecular weight is 454 g/mol. The first-order valence-electron chi connectivity index (χ1n) is 9.87. The van der Waals surface area contributed by atoms with Crippen molar-refractivity contribution in [3.05, 3.63) is 84.3 Å². The summed E-state index contributed by atoms with van der Waals surface area (Å²) < 4.78 is 32.3. The summed E-state index contributed by atoms with van der Waals surface area (Å²) in [7, 11) is -3.68. The van der Waals surface area contributed by atoms with Crippen LogP contribution in [0, 0.1) is 0 Å². The summed E-state index contributed by atoms with van der Waals surface area (Å²) in [5, 5.41) is 5.45. The number of furan rings is 1. The highest BCUT2D eigenvalue weighted by Gasteiger charge is 2.14. The quantitative estimate of drug-likeness (QED) is 0.427. The first kappa shape index (κ1) is 23.0. The van der Waals surface area contributed by atoms with Crippen molar-refractivity contribution in [2.75, 3.05) is 10.6 Å². The fraction of sp³-hybridized carbons (Fsp3) is 0.130. The summed E-state index contributed by atoms with van der Waals surface area (Å²) >= 11 is 0. The maximum atomic E-state index is 12.4. The summed E-state index contributed by atoms with van der Waals surface area (Å²) in [6.45, 7) is 1.81. The van der Waals surface area contributed by atoms with E-state index in [2.05, 4.69) is 15.4 Å². The van der Waals surface area contributed by atoms with Crippen LogP contribution in [0.25, 0.3) is 6.08 Å². The number of sulfonamides is 1. The maximum absolute atomic E-state index is 12.4. The van der Waals surface area contributed by atoms with E-state index in [0.717, 1.165) is 0 Å². The van der Waals surface area contributed by atoms with E-state index in [-0.39, 0.29) is 23.3 Å². The molecule has 3 rings (SSSR count). The molecular formula is C23H23N3O5S. The van der Waals surface area contributed by atoms with Crippen LogP contribution in [0.2, 0.25) is 0 Å². The van der Waals surface area contributed by atoms with Gasteiger partial charge in [0.15, 0.2) is 0 Å². The molecule has 0 unspecified atom stereocenters. The van der Waals surface area contributed by atoms with Gasteiger partial charge in [0.25, 0.3) is 0 Å². The van der Waals surface area contributed by atoms with Crippen molar-refractivity contribution in [1.29, 1.82) is 0 Å². The highest BCUT2D eigenvalue weighted by atomic mass is 32.2. The van der Waals surface area contributed by atoms with Crippen molar-refractivity contribution in [3.8, 4) is 0 Å². The number of benzene rings is 2. The molecule has 0 spiro atoms. The van der Waals surface area contributed by atoms with Crippen LogP contribution in [0.1, 0.15) is 24.7 Å². The molecule has 1 heterocycles. The topological polar surface area (TPSA) is 118 Å². The summed E-state index contributed by atoms with van der Waals surface area (Å²) in [6.07, 6.45) is 4.75. The van der Waals surface area contributed by atoms with Gasteiger partial charge in [-0.15, -0.1) is 0 Å². The first-order valence-corrected chi connectivity index (χ1v) is 11.3. The van der Waals surface area contributed by atoms with Crippen LogP contribution >= 0.6 is 0 Å². The molecule has 0 saturated heterocycles. The van der Waals surface area contributed by atoms with E-state index < -0.39 is 10.0 Å². The Kier molecular flexibility index (Phi) is 7.58. The van der Waals surface area contributed by atoms with Gasteiger partial charge in [-0.2, -0.15) is 0 Å². The van der Waals surface area contributed by atoms with Crippen LogP contribution in [-0.4, -0.2) is 20.2 Å². The molecule has 0 bridgehead atoms. The van der Waals surface area contributed by atoms with E-state index in [4.69, 9.17) is 4.42 Å². The van der Waals surface area contributed by atoms with Crippen molar-refractivity contribution < 1.29 is 22.4 Å². The Labute approximate surface area is 186 Å². The molecule has 3 N–H and O–H groups in total. The Morgan fingerprint density at radius 1 is 0.969 bits per heavy atom. The smallest absolute Gasteiger partial charge is 0.248 e. The molecular weight excluding hydrogens is 430 g/mol. The van der Waals surface area contributed by atoms with E-state index in [1.165, 1.54) is 24.5 Å². The second-order valence-corrected chi connectivity index (χ2v) is 8.55. The lowest BCUT2D eigenvalue weighted by molar-refractivity contribution is -0.116. The van der Waals surface area contributed by atoms with E-state index in [9.17, 15) is 18.0 Å². The number of anilines is 2. The second kappa shape index (κ2) is 10.6. The number of carbonyl (C=O) groups excluding carboxylic acids is 2. The van der Waals surface area contributed by atoms with Crippen molar-refractivity contribution in [2.45, 2.75) is 24.8 Å². The lowest BCUT2D eigenvalue weighted by Crippen LogP contribution is -2.22. The van der Waals surface area contributed by atoms with Gasteiger partial charge in [-0.25, -0.2) is 13.1 Å². The van der Waals surface area contributed by atoms with Crippen LogP contribution in [0.5, 0.6) is 0 Å². The number of amides is 2. The van der Waals surface area contributed by atoms with Crippen molar-refractivity contribution in [2.24, 2.45) is 0 Å². The summed E-state index contributed by atoms with van der Waals surface area (Å²) in [6, 6.07) is 16.3. The van der Waals surface area contributed by atoms with Crippen LogP contribution in [-0.2, 0) is 26.2 Å². The Hall–Kier alpha value is -3.69. The normalized spacial score (nSPS) is 11.4. The third-order valence-corrected chi connectivity index (χ3v) is 5.79. The van der Waals surface area contributed by atoms with Gasteiger partial charge in [0, 0.05) is 23.9 Å². The van der Waals surface area contributed by atoms with Gasteiger partial charge in [-0.05, 0) is 54.1 Å². The van der Waals surface area contributed by atoms with E-state index in [1.54, 1.807) is 61.5 Å². The Morgan fingerprint density at radius 2 is 1.69 bits per heavy atom. The van der Waals surface area contributed by atoms with E-state index in [1.807, 2.05) is 0 Å². The molecule has 3 aromatic rings. The Balaban J connectivity index is 1.57. The average Bonchev–Trinajstić information content (AvgIpc) is 3.31. The molecule has 2 amide bonds. The fourth-order valence-electron chi connectivity index (χ4n) is 2.70. The summed E-state index contributed by atoms with van der Waals surface area (Å²) in [5.74, 6) is 0.0354. The molecule has 0 aliphatic carbocycles. The monoisotopic (exact) mass is 453 g/mol. The molecule has 0 radical (unpaired) electrons. The van der Waals surface area contributed by atoms with Crippen LogP contribution in [0.3, 0.4) is 0 Å². The van der Waals surface area contributed by atoms with E-state index >= 15 is 0 Å². The van der Waals surface area contributed by atoms with Crippen LogP contribution in [0.4, 0.5) is 11.4 Å². The zero-order valence-corrected chi connectivity index (χ0v) is 18.2. The van der Waals surface area contributed by atoms with Crippen molar-refractivity contribution >= 4 is 39.3 Å². The highest BCUT2D eigenvalue weighted by molar-refractivity contribution is 7.89. The second-order valence-electron chi connectivity index (χ2n) is 6.78. The Morgan fingerprint density at radius 3 is 2.34 bits per heavy atom. The number of rotatable bonds is 9. The molecule has 0 atom stereocenters. The predicted octanol–water partition coefficient (Wildman–Crippen LogP) is 3.76. The molecule has 2 aromatic carbocycles. The molecule has 32 heavy (non-hydrogen) atoms. The van der Waals surface area contributed by atoms with Gasteiger partial charge in [0.2, 0.25) is 21.8 Å². The molecule has 1 aromatic heterocycles. The molecule has 0 aliphatic heterocycles. The van der Waals surface area contributed by atoms with Gasteiger partial charge in [0.05, 0.1) is 17.7 Å². The standard InChI is InChI=1S/C23H23N3O5S/c1-2-22(27)25-18-5-3-6-19(15-18)26-23(28)13-10-17-8-11-21(12-9-17)32(29,30)24-16-20-7-4-14-31-20/h3-15,24H,2,16H2,1H3,(H,25,27)(H,26,28)/b13-10+. The molecule has 0 fully saturated rings. The zero-order chi connectivity index (χ0) is 23.0. The minimum atomic E-state index is -3.68. The minimum absolute atomic E-state index is 0.0560. The molecule has 166 valence electrons. The summed E-state index contributed by atoms with van der Waals surface area (Å²) in [4.78, 5) is 23.8. The number of nitrogens with one attached hydrogen (secondary N) is 3. The lowest BCUT2D eigenvalue weighted by atomic mass is 10.2. The molecule has 0 saturated carbocycles.